The number of carboxylic acids is 2. The van der Waals surface area contributed by atoms with Gasteiger partial charge in [-0.15, -0.1) is 17.0 Å². The molecule has 22 nitrogen and oxygen atoms in total. The molecular weight excluding hydrogens is 1090 g/mol. The molecule has 0 spiro atoms. The number of amides is 2. The lowest BCUT2D eigenvalue weighted by molar-refractivity contribution is -0.132. The van der Waals surface area contributed by atoms with E-state index in [-0.39, 0.29) is 51.2 Å². The van der Waals surface area contributed by atoms with Gasteiger partial charge in [-0.2, -0.15) is 0 Å². The second kappa shape index (κ2) is 31.5. The molecule has 0 saturated heterocycles. The van der Waals surface area contributed by atoms with E-state index >= 15 is 0 Å². The van der Waals surface area contributed by atoms with Crippen molar-refractivity contribution in [2.24, 2.45) is 0 Å². The highest BCUT2D eigenvalue weighted by molar-refractivity contribution is 8.93. The second-order valence-corrected chi connectivity index (χ2v) is 15.6. The number of carboxylic acid groups (broad SMARTS) is 2. The standard InChI is InChI=1S/C11H12O5.C9H7NO3.C9H11NO.C9H10O5.C9H6O4.C8H9NO.BrH/c1-14-7-4-5-8(10(12)15-2)9(6-7)11(13)16-3;1-13-5-2-3-6-7(4-5)9(12)10-8(6)11;1-11-9-3-2-7-5-10-6-8(7)4-9;1-14-7(5-6-9(12)13)3-2-4-8(10)11;1-12-5-2-3-6-7(4-5)9(11)13-8(6)10;10-8-2-1-6-4-9-5-7(6)3-8;/h4-6H,1-3H3;2-4H,1H3,(H,10,11,12);2-4,10H,5-6H2,1H3;2-6H,1H3,(H,10,11)(H,12,13);2-4H,1H3;1-3,9-10H,4-5H2;1H/b;;;4-2+,6-5+,7-3+;;;. The van der Waals surface area contributed by atoms with E-state index < -0.39 is 35.8 Å². The molecule has 0 bridgehead atoms. The molecule has 412 valence electrons. The molecule has 0 radical (unpaired) electrons. The van der Waals surface area contributed by atoms with Crippen molar-refractivity contribution in [3.8, 4) is 28.7 Å². The topological polar surface area (TPSA) is 307 Å². The molecule has 0 fully saturated rings. The van der Waals surface area contributed by atoms with Crippen LogP contribution in [0.15, 0.2) is 127 Å². The van der Waals surface area contributed by atoms with Crippen LogP contribution in [0.1, 0.15) is 84.4 Å². The molecule has 78 heavy (non-hydrogen) atoms. The van der Waals surface area contributed by atoms with Crippen LogP contribution in [0.2, 0.25) is 0 Å². The van der Waals surface area contributed by atoms with E-state index in [1.807, 2.05) is 18.2 Å². The van der Waals surface area contributed by atoms with Gasteiger partial charge in [-0.25, -0.2) is 28.8 Å². The Morgan fingerprint density at radius 2 is 0.949 bits per heavy atom. The monoisotopic (exact) mass is 1140 g/mol. The van der Waals surface area contributed by atoms with E-state index in [4.69, 9.17) is 39.0 Å². The molecule has 6 N–H and O–H groups in total. The van der Waals surface area contributed by atoms with Crippen molar-refractivity contribution >= 4 is 64.6 Å². The van der Waals surface area contributed by atoms with Crippen LogP contribution in [0.25, 0.3) is 0 Å². The van der Waals surface area contributed by atoms with Crippen molar-refractivity contribution in [3.05, 3.63) is 183 Å². The first kappa shape index (κ1) is 63.0. The van der Waals surface area contributed by atoms with Crippen LogP contribution in [-0.2, 0) is 54.7 Å². The molecule has 5 aromatic rings. The number of aromatic hydroxyl groups is 1. The van der Waals surface area contributed by atoms with Crippen molar-refractivity contribution in [1.29, 1.82) is 0 Å². The number of imide groups is 1. The summed E-state index contributed by atoms with van der Waals surface area (Å²) >= 11 is 0. The third kappa shape index (κ3) is 18.5. The third-order valence-corrected chi connectivity index (χ3v) is 10.8. The Bertz CT molecular complexity index is 3020. The molecule has 9 rings (SSSR count). The number of halogens is 1. The van der Waals surface area contributed by atoms with E-state index in [0.29, 0.717) is 39.7 Å². The summed E-state index contributed by atoms with van der Waals surface area (Å²) in [6.45, 7) is 3.81. The van der Waals surface area contributed by atoms with E-state index in [9.17, 15) is 38.4 Å². The first-order chi connectivity index (χ1) is 36.9. The summed E-state index contributed by atoms with van der Waals surface area (Å²) in [6, 6.07) is 25.6. The van der Waals surface area contributed by atoms with Gasteiger partial charge < -0.3 is 63.8 Å². The number of benzene rings is 5. The lowest BCUT2D eigenvalue weighted by Crippen LogP contribution is -2.19. The fourth-order valence-electron chi connectivity index (χ4n) is 6.93. The number of fused-ring (bicyclic) bond motifs is 4. The van der Waals surface area contributed by atoms with Gasteiger partial charge in [-0.1, -0.05) is 18.2 Å². The van der Waals surface area contributed by atoms with Crippen molar-refractivity contribution in [2.45, 2.75) is 26.2 Å². The smallest absolute Gasteiger partial charge is 0.347 e. The Balaban J connectivity index is 0.000000247. The van der Waals surface area contributed by atoms with Crippen LogP contribution >= 0.6 is 17.0 Å². The Morgan fingerprint density at radius 1 is 0.487 bits per heavy atom. The number of carbonyl (C=O) groups excluding carboxylic acids is 6. The predicted octanol–water partition coefficient (Wildman–Crippen LogP) is 6.52. The van der Waals surface area contributed by atoms with Crippen LogP contribution in [0, 0.1) is 0 Å². The molecule has 0 saturated carbocycles. The number of nitrogens with one attached hydrogen (secondary N) is 3. The summed E-state index contributed by atoms with van der Waals surface area (Å²) in [5, 5.41) is 34.3. The van der Waals surface area contributed by atoms with E-state index in [2.05, 4.69) is 42.3 Å². The molecule has 5 aromatic carbocycles. The molecule has 4 aliphatic heterocycles. The van der Waals surface area contributed by atoms with Gasteiger partial charge in [0.1, 0.15) is 34.5 Å². The fourth-order valence-corrected chi connectivity index (χ4v) is 6.93. The fraction of sp³-hybridized carbons (Fsp3) is 0.200. The molecule has 23 heteroatoms. The normalized spacial score (nSPS) is 12.8. The number of esters is 4. The summed E-state index contributed by atoms with van der Waals surface area (Å²) in [7, 11) is 10.0. The zero-order chi connectivity index (χ0) is 56.6. The summed E-state index contributed by atoms with van der Waals surface area (Å²) in [6.07, 6.45) is 5.60. The molecule has 2 amide bonds. The number of hydrogen-bond donors (Lipinski definition) is 6. The minimum absolute atomic E-state index is 0. The van der Waals surface area contributed by atoms with Crippen molar-refractivity contribution < 1.29 is 91.6 Å². The van der Waals surface area contributed by atoms with Gasteiger partial charge in [0.15, 0.2) is 0 Å². The van der Waals surface area contributed by atoms with Gasteiger partial charge in [0.05, 0.1) is 83.1 Å². The molecule has 0 atom stereocenters. The zero-order valence-electron chi connectivity index (χ0n) is 43.2. The van der Waals surface area contributed by atoms with Gasteiger partial charge in [-0.05, 0) is 113 Å². The molecular formula is C55H56BrN3O19. The maximum absolute atomic E-state index is 11.4. The number of phenolic OH excluding ortho intramolecular Hbond substituents is 1. The number of phenols is 1. The van der Waals surface area contributed by atoms with Crippen LogP contribution in [0.3, 0.4) is 0 Å². The molecule has 4 aliphatic rings. The Labute approximate surface area is 457 Å². The van der Waals surface area contributed by atoms with Gasteiger partial charge >= 0.3 is 35.8 Å². The number of allylic oxidation sites excluding steroid dienone is 3. The average Bonchev–Trinajstić information content (AvgIpc) is 4.25. The number of methoxy groups -OCH3 is 7. The lowest BCUT2D eigenvalue weighted by Gasteiger charge is -2.08. The summed E-state index contributed by atoms with van der Waals surface area (Å²) in [4.78, 5) is 87.3. The number of hydrogen-bond acceptors (Lipinski definition) is 19. The van der Waals surface area contributed by atoms with Crippen molar-refractivity contribution in [1.82, 2.24) is 16.0 Å². The van der Waals surface area contributed by atoms with E-state index in [1.165, 1.54) is 107 Å². The number of aliphatic carboxylic acids is 2. The minimum Gasteiger partial charge on any atom is -0.508 e. The van der Waals surface area contributed by atoms with Gasteiger partial charge in [0, 0.05) is 38.3 Å². The summed E-state index contributed by atoms with van der Waals surface area (Å²) in [5.41, 5.74) is 6.90. The second-order valence-electron chi connectivity index (χ2n) is 15.6. The molecule has 0 unspecified atom stereocenters. The maximum atomic E-state index is 11.4. The Kier molecular flexibility index (Phi) is 25.5. The van der Waals surface area contributed by atoms with Crippen LogP contribution in [0.5, 0.6) is 28.7 Å². The Hall–Kier alpha value is -9.32. The van der Waals surface area contributed by atoms with E-state index in [0.717, 1.165) is 44.1 Å². The quantitative estimate of drug-likeness (QED) is 0.0156. The molecule has 0 aromatic heterocycles. The zero-order valence-corrected chi connectivity index (χ0v) is 44.9. The first-order valence-electron chi connectivity index (χ1n) is 22.7. The lowest BCUT2D eigenvalue weighted by atomic mass is 10.1. The largest absolute Gasteiger partial charge is 0.508 e. The Morgan fingerprint density at radius 3 is 1.51 bits per heavy atom. The van der Waals surface area contributed by atoms with Crippen LogP contribution in [0.4, 0.5) is 0 Å². The van der Waals surface area contributed by atoms with Gasteiger partial charge in [-0.3, -0.25) is 14.9 Å². The van der Waals surface area contributed by atoms with Crippen molar-refractivity contribution in [2.75, 3.05) is 49.8 Å². The predicted molar refractivity (Wildman–Crippen MR) is 284 cm³/mol. The number of rotatable bonds is 11. The number of cyclic esters (lactones) is 2. The van der Waals surface area contributed by atoms with Crippen LogP contribution < -0.4 is 34.9 Å². The first-order valence-corrected chi connectivity index (χ1v) is 22.7. The van der Waals surface area contributed by atoms with E-state index in [1.54, 1.807) is 43.5 Å². The highest BCUT2D eigenvalue weighted by Gasteiger charge is 2.30. The summed E-state index contributed by atoms with van der Waals surface area (Å²) < 4.78 is 38.2. The number of carbonyl (C=O) groups is 8. The third-order valence-electron chi connectivity index (χ3n) is 10.8. The minimum atomic E-state index is -1.10. The SMILES string of the molecule is Br.COC(/C=C/C(=O)O)=C/C=C/C(=O)O.COC(=O)c1ccc(OC)cc1C(=O)OC.COc1ccc2c(c1)C(=O)NC2=O.COc1ccc2c(c1)C(=O)OC2=O.COc1ccc2c(c1)CNC2.Oc1ccc2c(c1)CNC2. The summed E-state index contributed by atoms with van der Waals surface area (Å²) in [5.74, 6) is -2.17. The van der Waals surface area contributed by atoms with Gasteiger partial charge in [0.25, 0.3) is 11.8 Å². The van der Waals surface area contributed by atoms with Crippen molar-refractivity contribution in [3.63, 3.8) is 0 Å². The highest BCUT2D eigenvalue weighted by atomic mass is 79.9. The average molecular weight is 1140 g/mol. The highest BCUT2D eigenvalue weighted by Crippen LogP contribution is 2.26. The molecule has 4 heterocycles. The molecule has 0 aliphatic carbocycles. The van der Waals surface area contributed by atoms with Gasteiger partial charge in [0.2, 0.25) is 0 Å². The number of ether oxygens (including phenoxy) is 8. The van der Waals surface area contributed by atoms with Crippen LogP contribution in [-0.4, -0.2) is 113 Å². The maximum Gasteiger partial charge on any atom is 0.347 e.